The van der Waals surface area contributed by atoms with E-state index in [9.17, 15) is 19.5 Å². The van der Waals surface area contributed by atoms with Crippen LogP contribution in [0.1, 0.15) is 31.7 Å². The lowest BCUT2D eigenvalue weighted by molar-refractivity contribution is -0.150. The number of carbonyl (C=O) groups is 3. The van der Waals surface area contributed by atoms with Crippen LogP contribution >= 0.6 is 0 Å². The SMILES string of the molecule is CCOc1ccc(C2C(C(=O)Nc3ccccc3)C(=O)CC(C)(O)C2C(=O)Nc2ccccc2)cc1OC. The molecule has 3 N–H and O–H groups in total. The number of benzene rings is 3. The van der Waals surface area contributed by atoms with Crippen LogP contribution in [0.5, 0.6) is 11.5 Å². The van der Waals surface area contributed by atoms with Crippen LogP contribution < -0.4 is 20.1 Å². The summed E-state index contributed by atoms with van der Waals surface area (Å²) in [5.74, 6) is -3.96. The number of nitrogens with one attached hydrogen (secondary N) is 2. The number of ether oxygens (including phenoxy) is 2. The number of hydrogen-bond acceptors (Lipinski definition) is 6. The van der Waals surface area contributed by atoms with Crippen LogP contribution in [-0.2, 0) is 14.4 Å². The van der Waals surface area contributed by atoms with E-state index < -0.39 is 41.0 Å². The monoisotopic (exact) mass is 516 g/mol. The van der Waals surface area contributed by atoms with Gasteiger partial charge in [0.1, 0.15) is 11.7 Å². The minimum absolute atomic E-state index is 0.350. The van der Waals surface area contributed by atoms with Crippen molar-refractivity contribution in [3.05, 3.63) is 84.4 Å². The number of para-hydroxylation sites is 2. The zero-order valence-electron chi connectivity index (χ0n) is 21.6. The van der Waals surface area contributed by atoms with Crippen molar-refractivity contribution in [1.29, 1.82) is 0 Å². The maximum Gasteiger partial charge on any atom is 0.235 e. The molecule has 1 aliphatic rings. The average Bonchev–Trinajstić information content (AvgIpc) is 2.89. The number of rotatable bonds is 8. The first-order valence-electron chi connectivity index (χ1n) is 12.5. The summed E-state index contributed by atoms with van der Waals surface area (Å²) in [6.07, 6.45) is -0.350. The van der Waals surface area contributed by atoms with Crippen molar-refractivity contribution in [2.24, 2.45) is 11.8 Å². The molecule has 4 rings (SSSR count). The molecule has 8 heteroatoms. The molecule has 1 saturated carbocycles. The molecule has 0 aromatic heterocycles. The molecule has 198 valence electrons. The first kappa shape index (κ1) is 26.9. The Balaban J connectivity index is 1.81. The summed E-state index contributed by atoms with van der Waals surface area (Å²) in [4.78, 5) is 40.8. The van der Waals surface area contributed by atoms with Crippen LogP contribution in [0.15, 0.2) is 78.9 Å². The molecule has 4 atom stereocenters. The number of carbonyl (C=O) groups excluding carboxylic acids is 3. The van der Waals surface area contributed by atoms with Crippen molar-refractivity contribution in [1.82, 2.24) is 0 Å². The largest absolute Gasteiger partial charge is 0.493 e. The maximum atomic E-state index is 13.8. The minimum atomic E-state index is -1.71. The number of ketones is 1. The van der Waals surface area contributed by atoms with E-state index in [4.69, 9.17) is 9.47 Å². The molecule has 0 saturated heterocycles. The van der Waals surface area contributed by atoms with Gasteiger partial charge in [0.2, 0.25) is 11.8 Å². The number of anilines is 2. The Kier molecular flexibility index (Phi) is 8.12. The molecule has 0 radical (unpaired) electrons. The summed E-state index contributed by atoms with van der Waals surface area (Å²) in [6, 6.07) is 22.7. The average molecular weight is 517 g/mol. The highest BCUT2D eigenvalue weighted by atomic mass is 16.5. The summed E-state index contributed by atoms with van der Waals surface area (Å²) in [7, 11) is 1.49. The van der Waals surface area contributed by atoms with Crippen LogP contribution in [-0.4, -0.2) is 42.0 Å². The van der Waals surface area contributed by atoms with Gasteiger partial charge >= 0.3 is 0 Å². The van der Waals surface area contributed by atoms with E-state index in [1.54, 1.807) is 66.7 Å². The van der Waals surface area contributed by atoms with Crippen molar-refractivity contribution in [3.63, 3.8) is 0 Å². The molecule has 3 aromatic carbocycles. The van der Waals surface area contributed by atoms with Gasteiger partial charge in [-0.05, 0) is 55.8 Å². The van der Waals surface area contributed by atoms with Gasteiger partial charge in [-0.3, -0.25) is 14.4 Å². The number of hydrogen-bond donors (Lipinski definition) is 3. The van der Waals surface area contributed by atoms with Crippen LogP contribution in [0.3, 0.4) is 0 Å². The molecule has 1 fully saturated rings. The van der Waals surface area contributed by atoms with Crippen LogP contribution in [0, 0.1) is 11.8 Å². The molecule has 0 spiro atoms. The summed E-state index contributed by atoms with van der Waals surface area (Å²) in [5.41, 5.74) is -0.148. The van der Waals surface area contributed by atoms with E-state index in [-0.39, 0.29) is 6.42 Å². The predicted molar refractivity (Wildman–Crippen MR) is 144 cm³/mol. The first-order valence-corrected chi connectivity index (χ1v) is 12.5. The van der Waals surface area contributed by atoms with E-state index in [1.165, 1.54) is 14.0 Å². The van der Waals surface area contributed by atoms with E-state index in [0.717, 1.165) is 0 Å². The normalized spacial score (nSPS) is 22.8. The lowest BCUT2D eigenvalue weighted by atomic mass is 9.61. The molecule has 1 aliphatic carbocycles. The van der Waals surface area contributed by atoms with Gasteiger partial charge in [-0.2, -0.15) is 0 Å². The fraction of sp³-hybridized carbons (Fsp3) is 0.300. The topological polar surface area (TPSA) is 114 Å². The lowest BCUT2D eigenvalue weighted by Crippen LogP contribution is -2.56. The minimum Gasteiger partial charge on any atom is -0.493 e. The molecule has 2 amide bonds. The van der Waals surface area contributed by atoms with Gasteiger partial charge < -0.3 is 25.2 Å². The number of Topliss-reactive ketones (excluding diaryl/α,β-unsaturated/α-hetero) is 1. The standard InChI is InChI=1S/C30H32N2O6/c1-4-38-23-16-15-19(17-24(23)37-3)25-26(28(34)31-20-11-7-5-8-12-20)22(33)18-30(2,36)27(25)29(35)32-21-13-9-6-10-14-21/h5-17,25-27,36H,4,18H2,1-3H3,(H,31,34)(H,32,35). The fourth-order valence-electron chi connectivity index (χ4n) is 5.14. The number of methoxy groups -OCH3 is 1. The van der Waals surface area contributed by atoms with Crippen LogP contribution in [0.2, 0.25) is 0 Å². The quantitative estimate of drug-likeness (QED) is 0.382. The van der Waals surface area contributed by atoms with E-state index in [1.807, 2.05) is 19.1 Å². The highest BCUT2D eigenvalue weighted by Crippen LogP contribution is 2.48. The molecule has 0 heterocycles. The smallest absolute Gasteiger partial charge is 0.235 e. The summed E-state index contributed by atoms with van der Waals surface area (Å²) < 4.78 is 11.2. The van der Waals surface area contributed by atoms with Gasteiger partial charge in [-0.25, -0.2) is 0 Å². The second-order valence-electron chi connectivity index (χ2n) is 9.54. The van der Waals surface area contributed by atoms with E-state index >= 15 is 0 Å². The van der Waals surface area contributed by atoms with Crippen LogP contribution in [0.25, 0.3) is 0 Å². The third-order valence-corrected chi connectivity index (χ3v) is 6.79. The molecular formula is C30H32N2O6. The van der Waals surface area contributed by atoms with Crippen LogP contribution in [0.4, 0.5) is 11.4 Å². The Labute approximate surface area is 222 Å². The number of amides is 2. The Hall–Kier alpha value is -4.17. The van der Waals surface area contributed by atoms with Gasteiger partial charge in [-0.1, -0.05) is 42.5 Å². The highest BCUT2D eigenvalue weighted by molar-refractivity contribution is 6.10. The maximum absolute atomic E-state index is 13.8. The second kappa shape index (κ2) is 11.5. The predicted octanol–water partition coefficient (Wildman–Crippen LogP) is 4.41. The summed E-state index contributed by atoms with van der Waals surface area (Å²) in [5, 5.41) is 17.1. The number of aliphatic hydroxyl groups is 1. The Bertz CT molecular complexity index is 1290. The van der Waals surface area contributed by atoms with Gasteiger partial charge in [0.15, 0.2) is 11.5 Å². The molecule has 38 heavy (non-hydrogen) atoms. The molecule has 3 aromatic rings. The van der Waals surface area contributed by atoms with Crippen molar-refractivity contribution in [2.45, 2.75) is 31.8 Å². The lowest BCUT2D eigenvalue weighted by Gasteiger charge is -2.44. The zero-order chi connectivity index (χ0) is 27.3. The van der Waals surface area contributed by atoms with Gasteiger partial charge in [-0.15, -0.1) is 0 Å². The molecular weight excluding hydrogens is 484 g/mol. The van der Waals surface area contributed by atoms with Crippen molar-refractivity contribution in [3.8, 4) is 11.5 Å². The Morgan fingerprint density at radius 2 is 1.50 bits per heavy atom. The highest BCUT2D eigenvalue weighted by Gasteiger charge is 2.56. The summed E-state index contributed by atoms with van der Waals surface area (Å²) in [6.45, 7) is 3.72. The van der Waals surface area contributed by atoms with Gasteiger partial charge in [0.25, 0.3) is 0 Å². The van der Waals surface area contributed by atoms with E-state index in [2.05, 4.69) is 10.6 Å². The fourth-order valence-corrected chi connectivity index (χ4v) is 5.14. The van der Waals surface area contributed by atoms with E-state index in [0.29, 0.717) is 35.0 Å². The third kappa shape index (κ3) is 5.70. The first-order chi connectivity index (χ1) is 18.2. The van der Waals surface area contributed by atoms with Crippen molar-refractivity contribution < 1.29 is 29.0 Å². The molecule has 8 nitrogen and oxygen atoms in total. The second-order valence-corrected chi connectivity index (χ2v) is 9.54. The zero-order valence-corrected chi connectivity index (χ0v) is 21.6. The Morgan fingerprint density at radius 1 is 0.921 bits per heavy atom. The summed E-state index contributed by atoms with van der Waals surface area (Å²) >= 11 is 0. The van der Waals surface area contributed by atoms with Gasteiger partial charge in [0, 0.05) is 23.7 Å². The molecule has 4 unspecified atom stereocenters. The third-order valence-electron chi connectivity index (χ3n) is 6.79. The van der Waals surface area contributed by atoms with Crippen molar-refractivity contribution in [2.75, 3.05) is 24.4 Å². The van der Waals surface area contributed by atoms with Crippen molar-refractivity contribution >= 4 is 29.0 Å². The molecule has 0 bridgehead atoms. The van der Waals surface area contributed by atoms with Gasteiger partial charge in [0.05, 0.1) is 25.2 Å². The Morgan fingerprint density at radius 3 is 2.05 bits per heavy atom. The molecule has 0 aliphatic heterocycles.